The van der Waals surface area contributed by atoms with Crippen LogP contribution in [0, 0.1) is 13.8 Å². The van der Waals surface area contributed by atoms with Crippen LogP contribution in [0.25, 0.3) is 0 Å². The molecule has 0 saturated carbocycles. The predicted octanol–water partition coefficient (Wildman–Crippen LogP) is 2.00. The highest BCUT2D eigenvalue weighted by molar-refractivity contribution is 5.71. The fourth-order valence-corrected chi connectivity index (χ4v) is 1.66. The number of nitrogens with zero attached hydrogens (tertiary/aromatic N) is 1. The summed E-state index contributed by atoms with van der Waals surface area (Å²) in [4.78, 5) is 12.6. The Morgan fingerprint density at radius 2 is 1.93 bits per heavy atom. The molecule has 1 aromatic carbocycles. The van der Waals surface area contributed by atoms with Crippen molar-refractivity contribution in [1.29, 1.82) is 0 Å². The fourth-order valence-electron chi connectivity index (χ4n) is 1.66. The van der Waals surface area contributed by atoms with Crippen molar-refractivity contribution in [3.05, 3.63) is 28.8 Å². The van der Waals surface area contributed by atoms with Gasteiger partial charge in [-0.1, -0.05) is 6.07 Å². The van der Waals surface area contributed by atoms with Crippen LogP contribution in [0.15, 0.2) is 12.1 Å². The largest absolute Gasteiger partial charge is 0.481 e. The Bertz CT molecular complexity index is 383. The predicted molar refractivity (Wildman–Crippen MR) is 61.6 cm³/mol. The standard InChI is InChI=1S/C12H17NO2/c1-8-5-10(7-12(14)15)6-11(9(8)2)13(3)4/h5-6H,7H2,1-4H3,(H,14,15). The molecule has 0 spiro atoms. The maximum atomic E-state index is 10.6. The third-order valence-corrected chi connectivity index (χ3v) is 2.54. The molecule has 1 aromatic rings. The minimum Gasteiger partial charge on any atom is -0.481 e. The fraction of sp³-hybridized carbons (Fsp3) is 0.417. The zero-order valence-electron chi connectivity index (χ0n) is 9.66. The lowest BCUT2D eigenvalue weighted by Gasteiger charge is -2.18. The quantitative estimate of drug-likeness (QED) is 0.824. The van der Waals surface area contributed by atoms with Crippen molar-refractivity contribution in [3.8, 4) is 0 Å². The van der Waals surface area contributed by atoms with Crippen molar-refractivity contribution >= 4 is 11.7 Å². The Morgan fingerprint density at radius 3 is 2.40 bits per heavy atom. The van der Waals surface area contributed by atoms with Gasteiger partial charge in [0, 0.05) is 19.8 Å². The first-order valence-corrected chi connectivity index (χ1v) is 4.91. The van der Waals surface area contributed by atoms with Gasteiger partial charge in [0.05, 0.1) is 6.42 Å². The summed E-state index contributed by atoms with van der Waals surface area (Å²) in [5.74, 6) is -0.789. The molecule has 0 bridgehead atoms. The first kappa shape index (κ1) is 11.6. The van der Waals surface area contributed by atoms with Crippen LogP contribution in [0.3, 0.4) is 0 Å². The topological polar surface area (TPSA) is 40.5 Å². The lowest BCUT2D eigenvalue weighted by molar-refractivity contribution is -0.136. The Hall–Kier alpha value is -1.51. The van der Waals surface area contributed by atoms with Crippen LogP contribution in [-0.4, -0.2) is 25.2 Å². The second-order valence-electron chi connectivity index (χ2n) is 4.02. The summed E-state index contributed by atoms with van der Waals surface area (Å²) < 4.78 is 0. The number of hydrogen-bond acceptors (Lipinski definition) is 2. The van der Waals surface area contributed by atoms with E-state index in [1.165, 1.54) is 5.56 Å². The highest BCUT2D eigenvalue weighted by atomic mass is 16.4. The van der Waals surface area contributed by atoms with Crippen LogP contribution in [-0.2, 0) is 11.2 Å². The highest BCUT2D eigenvalue weighted by Crippen LogP contribution is 2.23. The van der Waals surface area contributed by atoms with E-state index >= 15 is 0 Å². The van der Waals surface area contributed by atoms with Crippen LogP contribution in [0.5, 0.6) is 0 Å². The summed E-state index contributed by atoms with van der Waals surface area (Å²) in [6, 6.07) is 3.88. The number of carboxylic acid groups (broad SMARTS) is 1. The third-order valence-electron chi connectivity index (χ3n) is 2.54. The van der Waals surface area contributed by atoms with Gasteiger partial charge in [0.15, 0.2) is 0 Å². The van der Waals surface area contributed by atoms with Gasteiger partial charge in [-0.3, -0.25) is 4.79 Å². The Morgan fingerprint density at radius 1 is 1.33 bits per heavy atom. The van der Waals surface area contributed by atoms with Crippen LogP contribution < -0.4 is 4.90 Å². The number of aryl methyl sites for hydroxylation is 1. The molecule has 0 aliphatic heterocycles. The van der Waals surface area contributed by atoms with Crippen LogP contribution in [0.2, 0.25) is 0 Å². The van der Waals surface area contributed by atoms with Crippen molar-refractivity contribution in [2.24, 2.45) is 0 Å². The molecule has 0 atom stereocenters. The number of carbonyl (C=O) groups is 1. The third kappa shape index (κ3) is 2.72. The Labute approximate surface area is 90.3 Å². The van der Waals surface area contributed by atoms with Gasteiger partial charge in [-0.05, 0) is 36.6 Å². The first-order chi connectivity index (χ1) is 6.91. The first-order valence-electron chi connectivity index (χ1n) is 4.91. The maximum Gasteiger partial charge on any atom is 0.307 e. The summed E-state index contributed by atoms with van der Waals surface area (Å²) in [6.45, 7) is 4.06. The normalized spacial score (nSPS) is 10.1. The molecule has 0 heterocycles. The number of benzene rings is 1. The summed E-state index contributed by atoms with van der Waals surface area (Å²) in [6.07, 6.45) is 0.0853. The number of anilines is 1. The molecule has 15 heavy (non-hydrogen) atoms. The Balaban J connectivity index is 3.17. The summed E-state index contributed by atoms with van der Waals surface area (Å²) in [7, 11) is 3.93. The molecule has 0 amide bonds. The molecule has 0 unspecified atom stereocenters. The molecule has 0 saturated heterocycles. The molecule has 0 fully saturated rings. The van der Waals surface area contributed by atoms with Gasteiger partial charge in [0.1, 0.15) is 0 Å². The van der Waals surface area contributed by atoms with Crippen molar-refractivity contribution in [2.45, 2.75) is 20.3 Å². The SMILES string of the molecule is Cc1cc(CC(=O)O)cc(N(C)C)c1C. The molecular formula is C12H17NO2. The number of aliphatic carboxylic acids is 1. The van der Waals surface area contributed by atoms with Gasteiger partial charge in [-0.25, -0.2) is 0 Å². The summed E-state index contributed by atoms with van der Waals surface area (Å²) in [5, 5.41) is 8.74. The Kier molecular flexibility index (Phi) is 3.35. The number of hydrogen-bond donors (Lipinski definition) is 1. The zero-order valence-corrected chi connectivity index (χ0v) is 9.66. The van der Waals surface area contributed by atoms with Crippen LogP contribution >= 0.6 is 0 Å². The highest BCUT2D eigenvalue weighted by Gasteiger charge is 2.08. The molecule has 0 radical (unpaired) electrons. The van der Waals surface area contributed by atoms with E-state index in [1.54, 1.807) is 0 Å². The number of rotatable bonds is 3. The van der Waals surface area contributed by atoms with Crippen molar-refractivity contribution < 1.29 is 9.90 Å². The average Bonchev–Trinajstić information content (AvgIpc) is 2.09. The van der Waals surface area contributed by atoms with Crippen molar-refractivity contribution in [1.82, 2.24) is 0 Å². The van der Waals surface area contributed by atoms with Crippen LogP contribution in [0.4, 0.5) is 5.69 Å². The van der Waals surface area contributed by atoms with E-state index < -0.39 is 5.97 Å². The van der Waals surface area contributed by atoms with E-state index in [0.717, 1.165) is 16.8 Å². The van der Waals surface area contributed by atoms with Gasteiger partial charge in [-0.15, -0.1) is 0 Å². The summed E-state index contributed by atoms with van der Waals surface area (Å²) >= 11 is 0. The minimum absolute atomic E-state index is 0.0853. The molecule has 0 aliphatic carbocycles. The smallest absolute Gasteiger partial charge is 0.307 e. The lowest BCUT2D eigenvalue weighted by atomic mass is 10.0. The van der Waals surface area contributed by atoms with E-state index in [4.69, 9.17) is 5.11 Å². The molecule has 3 nitrogen and oxygen atoms in total. The minimum atomic E-state index is -0.789. The molecule has 1 rings (SSSR count). The van der Waals surface area contributed by atoms with E-state index in [9.17, 15) is 4.79 Å². The zero-order chi connectivity index (χ0) is 11.6. The number of carboxylic acids is 1. The second-order valence-corrected chi connectivity index (χ2v) is 4.02. The van der Waals surface area contributed by atoms with Gasteiger partial charge < -0.3 is 10.0 Å². The monoisotopic (exact) mass is 207 g/mol. The van der Waals surface area contributed by atoms with Crippen molar-refractivity contribution in [2.75, 3.05) is 19.0 Å². The van der Waals surface area contributed by atoms with Crippen molar-refractivity contribution in [3.63, 3.8) is 0 Å². The van der Waals surface area contributed by atoms with E-state index in [1.807, 2.05) is 38.1 Å². The van der Waals surface area contributed by atoms with E-state index in [-0.39, 0.29) is 6.42 Å². The van der Waals surface area contributed by atoms with Gasteiger partial charge >= 0.3 is 5.97 Å². The van der Waals surface area contributed by atoms with E-state index in [0.29, 0.717) is 0 Å². The molecule has 3 heteroatoms. The van der Waals surface area contributed by atoms with Crippen LogP contribution in [0.1, 0.15) is 16.7 Å². The second kappa shape index (κ2) is 4.34. The molecular weight excluding hydrogens is 190 g/mol. The maximum absolute atomic E-state index is 10.6. The molecule has 0 aliphatic rings. The van der Waals surface area contributed by atoms with E-state index in [2.05, 4.69) is 6.92 Å². The van der Waals surface area contributed by atoms with Gasteiger partial charge in [-0.2, -0.15) is 0 Å². The average molecular weight is 207 g/mol. The molecule has 82 valence electrons. The van der Waals surface area contributed by atoms with Gasteiger partial charge in [0.2, 0.25) is 0 Å². The summed E-state index contributed by atoms with van der Waals surface area (Å²) in [5.41, 5.74) is 4.28. The van der Waals surface area contributed by atoms with Gasteiger partial charge in [0.25, 0.3) is 0 Å². The molecule has 1 N–H and O–H groups in total. The molecule has 0 aromatic heterocycles. The lowest BCUT2D eigenvalue weighted by Crippen LogP contribution is -2.12.